The molecule has 0 bridgehead atoms. The van der Waals surface area contributed by atoms with Gasteiger partial charge in [-0.15, -0.1) is 0 Å². The predicted molar refractivity (Wildman–Crippen MR) is 134 cm³/mol. The maximum absolute atomic E-state index is 12.8. The lowest BCUT2D eigenvalue weighted by Crippen LogP contribution is -2.35. The van der Waals surface area contributed by atoms with Gasteiger partial charge in [0.1, 0.15) is 16.7 Å². The number of halogens is 3. The molecule has 2 aliphatic heterocycles. The molecule has 9 heteroatoms. The van der Waals surface area contributed by atoms with Gasteiger partial charge >= 0.3 is 0 Å². The van der Waals surface area contributed by atoms with Crippen molar-refractivity contribution in [1.29, 1.82) is 0 Å². The maximum Gasteiger partial charge on any atom is 0.266 e. The van der Waals surface area contributed by atoms with Gasteiger partial charge in [0.2, 0.25) is 0 Å². The normalized spacial score (nSPS) is 20.2. The molecule has 0 aliphatic carbocycles. The van der Waals surface area contributed by atoms with E-state index in [9.17, 15) is 4.79 Å². The van der Waals surface area contributed by atoms with Crippen LogP contribution in [0.3, 0.4) is 0 Å². The fraction of sp³-hybridized carbons (Fsp3) is 0.273. The van der Waals surface area contributed by atoms with Gasteiger partial charge in [0.05, 0.1) is 22.0 Å². The molecule has 31 heavy (non-hydrogen) atoms. The summed E-state index contributed by atoms with van der Waals surface area (Å²) < 4.78 is 12.9. The molecule has 2 saturated heterocycles. The Kier molecular flexibility index (Phi) is 7.62. The zero-order valence-corrected chi connectivity index (χ0v) is 21.0. The summed E-state index contributed by atoms with van der Waals surface area (Å²) in [6.45, 7) is 1.59. The van der Waals surface area contributed by atoms with Gasteiger partial charge < -0.3 is 9.47 Å². The van der Waals surface area contributed by atoms with Crippen LogP contribution in [-0.2, 0) is 16.1 Å². The number of hydrogen-bond donors (Lipinski definition) is 0. The number of rotatable bonds is 6. The van der Waals surface area contributed by atoms with E-state index in [0.29, 0.717) is 38.2 Å². The van der Waals surface area contributed by atoms with Gasteiger partial charge in [0, 0.05) is 22.2 Å². The first kappa shape index (κ1) is 23.1. The molecular weight excluding hydrogens is 541 g/mol. The van der Waals surface area contributed by atoms with Crippen LogP contribution in [0.2, 0.25) is 10.0 Å². The maximum atomic E-state index is 12.8. The smallest absolute Gasteiger partial charge is 0.266 e. The highest BCUT2D eigenvalue weighted by molar-refractivity contribution is 9.10. The van der Waals surface area contributed by atoms with Crippen molar-refractivity contribution in [3.05, 3.63) is 66.9 Å². The fourth-order valence-corrected chi connectivity index (χ4v) is 5.57. The summed E-state index contributed by atoms with van der Waals surface area (Å²) >= 11 is 22.4. The molecule has 0 radical (unpaired) electrons. The Hall–Kier alpha value is -1.09. The SMILES string of the molecule is O=C1/C(=C/c2ccc(OCc3ccc(Cl)cc3Cl)c(Br)c2)SC(=S)N1C[C@@H]1CCCO1. The summed E-state index contributed by atoms with van der Waals surface area (Å²) in [6.07, 6.45) is 3.91. The Morgan fingerprint density at radius 1 is 1.29 bits per heavy atom. The molecule has 2 aliphatic rings. The highest BCUT2D eigenvalue weighted by Gasteiger charge is 2.34. The number of carbonyl (C=O) groups excluding carboxylic acids is 1. The molecule has 2 aromatic rings. The number of ether oxygens (including phenoxy) is 2. The average Bonchev–Trinajstić information content (AvgIpc) is 3.33. The molecule has 0 N–H and O–H groups in total. The van der Waals surface area contributed by atoms with E-state index in [-0.39, 0.29) is 12.0 Å². The van der Waals surface area contributed by atoms with Gasteiger partial charge in [-0.1, -0.05) is 59.3 Å². The first-order chi connectivity index (χ1) is 14.9. The van der Waals surface area contributed by atoms with Crippen molar-refractivity contribution >= 4 is 79.4 Å². The van der Waals surface area contributed by atoms with Crippen LogP contribution in [0.5, 0.6) is 5.75 Å². The topological polar surface area (TPSA) is 38.8 Å². The molecule has 4 rings (SSSR count). The van der Waals surface area contributed by atoms with Gasteiger partial charge in [0.15, 0.2) is 0 Å². The van der Waals surface area contributed by atoms with E-state index in [1.165, 1.54) is 11.8 Å². The summed E-state index contributed by atoms with van der Waals surface area (Å²) in [5, 5.41) is 1.14. The van der Waals surface area contributed by atoms with Crippen LogP contribution < -0.4 is 4.74 Å². The minimum Gasteiger partial charge on any atom is -0.488 e. The third kappa shape index (κ3) is 5.64. The number of carbonyl (C=O) groups is 1. The molecule has 2 fully saturated rings. The first-order valence-corrected chi connectivity index (χ1v) is 12.4. The monoisotopic (exact) mass is 557 g/mol. The van der Waals surface area contributed by atoms with Crippen LogP contribution in [0.1, 0.15) is 24.0 Å². The van der Waals surface area contributed by atoms with Crippen LogP contribution in [0.25, 0.3) is 6.08 Å². The molecule has 0 aromatic heterocycles. The number of amides is 1. The average molecular weight is 559 g/mol. The minimum absolute atomic E-state index is 0.0701. The molecular formula is C22H18BrCl2NO3S2. The lowest BCUT2D eigenvalue weighted by atomic mass is 10.2. The molecule has 162 valence electrons. The highest BCUT2D eigenvalue weighted by Crippen LogP contribution is 2.35. The molecule has 0 spiro atoms. The van der Waals surface area contributed by atoms with E-state index in [1.54, 1.807) is 17.0 Å². The number of thiocarbonyl (C=S) groups is 1. The van der Waals surface area contributed by atoms with E-state index < -0.39 is 0 Å². The Bertz CT molecular complexity index is 1060. The van der Waals surface area contributed by atoms with Crippen molar-refractivity contribution in [1.82, 2.24) is 4.90 Å². The standard InChI is InChI=1S/C22H18BrCl2NO3S2/c23-17-8-13(3-6-19(17)29-12-14-4-5-15(24)10-18(14)25)9-20-21(27)26(22(30)31-20)11-16-2-1-7-28-16/h3-6,8-10,16H,1-2,7,11-12H2/b20-9-/t16-/m0/s1. The van der Waals surface area contributed by atoms with Crippen LogP contribution >= 0.6 is 63.1 Å². The van der Waals surface area contributed by atoms with Gasteiger partial charge in [-0.25, -0.2) is 0 Å². The molecule has 1 amide bonds. The quantitative estimate of drug-likeness (QED) is 0.291. The molecule has 0 saturated carbocycles. The largest absolute Gasteiger partial charge is 0.488 e. The Balaban J connectivity index is 1.43. The zero-order valence-electron chi connectivity index (χ0n) is 16.3. The van der Waals surface area contributed by atoms with Gasteiger partial charge in [0.25, 0.3) is 5.91 Å². The molecule has 1 atom stereocenters. The van der Waals surface area contributed by atoms with Crippen LogP contribution in [0.4, 0.5) is 0 Å². The predicted octanol–water partition coefficient (Wildman–Crippen LogP) is 6.72. The lowest BCUT2D eigenvalue weighted by molar-refractivity contribution is -0.123. The lowest BCUT2D eigenvalue weighted by Gasteiger charge is -2.18. The van der Waals surface area contributed by atoms with Gasteiger partial charge in [-0.2, -0.15) is 0 Å². The van der Waals surface area contributed by atoms with Gasteiger partial charge in [-0.3, -0.25) is 9.69 Å². The number of thioether (sulfide) groups is 1. The van der Waals surface area contributed by atoms with E-state index >= 15 is 0 Å². The number of nitrogens with zero attached hydrogens (tertiary/aromatic N) is 1. The Morgan fingerprint density at radius 3 is 2.84 bits per heavy atom. The second-order valence-corrected chi connectivity index (χ2v) is 10.5. The van der Waals surface area contributed by atoms with Crippen molar-refractivity contribution in [2.24, 2.45) is 0 Å². The Morgan fingerprint density at radius 2 is 2.13 bits per heavy atom. The van der Waals surface area contributed by atoms with E-state index in [2.05, 4.69) is 15.9 Å². The summed E-state index contributed by atoms with van der Waals surface area (Å²) in [6, 6.07) is 11.0. The van der Waals surface area contributed by atoms with E-state index in [4.69, 9.17) is 44.9 Å². The van der Waals surface area contributed by atoms with Crippen LogP contribution in [-0.4, -0.2) is 34.4 Å². The van der Waals surface area contributed by atoms with Crippen LogP contribution in [0, 0.1) is 0 Å². The van der Waals surface area contributed by atoms with Crippen molar-refractivity contribution in [3.8, 4) is 5.75 Å². The second kappa shape index (κ2) is 10.2. The summed E-state index contributed by atoms with van der Waals surface area (Å²) in [5.41, 5.74) is 1.72. The number of benzene rings is 2. The molecule has 4 nitrogen and oxygen atoms in total. The van der Waals surface area contributed by atoms with Crippen molar-refractivity contribution in [2.75, 3.05) is 13.2 Å². The minimum atomic E-state index is -0.0701. The highest BCUT2D eigenvalue weighted by atomic mass is 79.9. The second-order valence-electron chi connectivity index (χ2n) is 7.14. The summed E-state index contributed by atoms with van der Waals surface area (Å²) in [4.78, 5) is 15.1. The zero-order chi connectivity index (χ0) is 22.0. The number of hydrogen-bond acceptors (Lipinski definition) is 5. The van der Waals surface area contributed by atoms with Crippen molar-refractivity contribution in [2.45, 2.75) is 25.6 Å². The van der Waals surface area contributed by atoms with Crippen molar-refractivity contribution in [3.63, 3.8) is 0 Å². The summed E-state index contributed by atoms with van der Waals surface area (Å²) in [7, 11) is 0. The third-order valence-corrected chi connectivity index (χ3v) is 7.52. The third-order valence-electron chi connectivity index (χ3n) is 4.94. The van der Waals surface area contributed by atoms with E-state index in [1.807, 2.05) is 30.3 Å². The molecule has 2 heterocycles. The fourth-order valence-electron chi connectivity index (χ4n) is 3.32. The van der Waals surface area contributed by atoms with Gasteiger partial charge in [-0.05, 0) is 64.7 Å². The van der Waals surface area contributed by atoms with Crippen molar-refractivity contribution < 1.29 is 14.3 Å². The van der Waals surface area contributed by atoms with Crippen LogP contribution in [0.15, 0.2) is 45.8 Å². The summed E-state index contributed by atoms with van der Waals surface area (Å²) in [5.74, 6) is 0.605. The molecule has 0 unspecified atom stereocenters. The Labute approximate surface area is 209 Å². The first-order valence-electron chi connectivity index (χ1n) is 9.64. The molecule has 2 aromatic carbocycles. The van der Waals surface area contributed by atoms with E-state index in [0.717, 1.165) is 35.0 Å².